The highest BCUT2D eigenvalue weighted by Crippen LogP contribution is 2.21. The summed E-state index contributed by atoms with van der Waals surface area (Å²) < 4.78 is 1.00. The highest BCUT2D eigenvalue weighted by molar-refractivity contribution is 9.10. The molecule has 3 nitrogen and oxygen atoms in total. The average molecular weight is 298 g/mol. The molecule has 2 N–H and O–H groups in total. The summed E-state index contributed by atoms with van der Waals surface area (Å²) in [4.78, 5) is 5.00. The zero-order valence-electron chi connectivity index (χ0n) is 10.3. The molecule has 94 valence electrons. The van der Waals surface area contributed by atoms with Gasteiger partial charge in [-0.2, -0.15) is 0 Å². The maximum Gasteiger partial charge on any atom is 0.0458 e. The Morgan fingerprint density at radius 1 is 1.18 bits per heavy atom. The number of piperazine rings is 1. The Kier molecular flexibility index (Phi) is 4.42. The van der Waals surface area contributed by atoms with E-state index < -0.39 is 0 Å². The average Bonchev–Trinajstić information content (AvgIpc) is 2.35. The van der Waals surface area contributed by atoms with Gasteiger partial charge in [-0.3, -0.25) is 4.90 Å². The predicted octanol–water partition coefficient (Wildman–Crippen LogP) is 2.17. The van der Waals surface area contributed by atoms with Gasteiger partial charge in [-0.05, 0) is 40.2 Å². The first-order chi connectivity index (χ1) is 8.19. The molecule has 0 atom stereocenters. The number of likely N-dealkylation sites (N-methyl/N-ethyl adjacent to an activating group) is 1. The van der Waals surface area contributed by atoms with Gasteiger partial charge in [0.15, 0.2) is 0 Å². The molecule has 2 rings (SSSR count). The predicted molar refractivity (Wildman–Crippen MR) is 75.9 cm³/mol. The van der Waals surface area contributed by atoms with Crippen molar-refractivity contribution < 1.29 is 0 Å². The molecular formula is C13H20BrN3. The molecule has 1 aliphatic rings. The number of nitrogens with two attached hydrogens (primary N) is 1. The molecule has 0 aliphatic carbocycles. The number of hydrogen-bond acceptors (Lipinski definition) is 3. The Morgan fingerprint density at radius 2 is 1.82 bits per heavy atom. The maximum atomic E-state index is 5.79. The van der Waals surface area contributed by atoms with Gasteiger partial charge < -0.3 is 10.6 Å². The lowest BCUT2D eigenvalue weighted by Gasteiger charge is -2.34. The summed E-state index contributed by atoms with van der Waals surface area (Å²) >= 11 is 3.48. The second-order valence-electron chi connectivity index (χ2n) is 4.57. The summed E-state index contributed by atoms with van der Waals surface area (Å²) in [7, 11) is 0. The number of benzene rings is 1. The van der Waals surface area contributed by atoms with Gasteiger partial charge in [-0.25, -0.2) is 0 Å². The lowest BCUT2D eigenvalue weighted by Crippen LogP contribution is -2.45. The van der Waals surface area contributed by atoms with Gasteiger partial charge in [0, 0.05) is 42.9 Å². The van der Waals surface area contributed by atoms with Crippen molar-refractivity contribution in [3.63, 3.8) is 0 Å². The molecule has 1 fully saturated rings. The molecule has 0 amide bonds. The Hall–Kier alpha value is -0.580. The first kappa shape index (κ1) is 12.9. The number of rotatable bonds is 3. The van der Waals surface area contributed by atoms with Crippen LogP contribution >= 0.6 is 15.9 Å². The SMILES string of the molecule is CCN1CCN(Cc2ccc(N)c(Br)c2)CC1. The fraction of sp³-hybridized carbons (Fsp3) is 0.538. The first-order valence-corrected chi connectivity index (χ1v) is 6.97. The van der Waals surface area contributed by atoms with Crippen molar-refractivity contribution >= 4 is 21.6 Å². The van der Waals surface area contributed by atoms with E-state index in [0.717, 1.165) is 29.8 Å². The normalized spacial score (nSPS) is 18.5. The largest absolute Gasteiger partial charge is 0.398 e. The van der Waals surface area contributed by atoms with Crippen LogP contribution in [0.3, 0.4) is 0 Å². The van der Waals surface area contributed by atoms with Gasteiger partial charge >= 0.3 is 0 Å². The third-order valence-corrected chi connectivity index (χ3v) is 4.07. The topological polar surface area (TPSA) is 32.5 Å². The fourth-order valence-electron chi connectivity index (χ4n) is 2.19. The first-order valence-electron chi connectivity index (χ1n) is 6.17. The van der Waals surface area contributed by atoms with Crippen molar-refractivity contribution in [1.29, 1.82) is 0 Å². The molecule has 0 unspecified atom stereocenters. The minimum atomic E-state index is 0.810. The third-order valence-electron chi connectivity index (χ3n) is 3.38. The summed E-state index contributed by atoms with van der Waals surface area (Å²) in [6.45, 7) is 9.12. The highest BCUT2D eigenvalue weighted by atomic mass is 79.9. The van der Waals surface area contributed by atoms with Crippen molar-refractivity contribution in [2.24, 2.45) is 0 Å². The smallest absolute Gasteiger partial charge is 0.0458 e. The molecule has 1 heterocycles. The molecule has 4 heteroatoms. The van der Waals surface area contributed by atoms with Crippen molar-refractivity contribution in [3.05, 3.63) is 28.2 Å². The lowest BCUT2D eigenvalue weighted by atomic mass is 10.2. The number of hydrogen-bond donors (Lipinski definition) is 1. The van der Waals surface area contributed by atoms with Crippen LogP contribution in [0.15, 0.2) is 22.7 Å². The van der Waals surface area contributed by atoms with Crippen LogP contribution in [0.5, 0.6) is 0 Å². The minimum Gasteiger partial charge on any atom is -0.398 e. The summed E-state index contributed by atoms with van der Waals surface area (Å²) in [5.41, 5.74) is 7.93. The zero-order chi connectivity index (χ0) is 12.3. The van der Waals surface area contributed by atoms with Gasteiger partial charge in [0.05, 0.1) is 0 Å². The number of halogens is 1. The van der Waals surface area contributed by atoms with Crippen LogP contribution in [-0.2, 0) is 6.54 Å². The van der Waals surface area contributed by atoms with Crippen molar-refractivity contribution in [2.75, 3.05) is 38.5 Å². The Morgan fingerprint density at radius 3 is 2.41 bits per heavy atom. The second-order valence-corrected chi connectivity index (χ2v) is 5.42. The Balaban J connectivity index is 1.91. The molecule has 17 heavy (non-hydrogen) atoms. The van der Waals surface area contributed by atoms with E-state index >= 15 is 0 Å². The lowest BCUT2D eigenvalue weighted by molar-refractivity contribution is 0.132. The van der Waals surface area contributed by atoms with Gasteiger partial charge in [-0.1, -0.05) is 13.0 Å². The van der Waals surface area contributed by atoms with E-state index in [-0.39, 0.29) is 0 Å². The summed E-state index contributed by atoms with van der Waals surface area (Å²) in [5, 5.41) is 0. The van der Waals surface area contributed by atoms with E-state index in [1.54, 1.807) is 0 Å². The molecule has 0 aromatic heterocycles. The van der Waals surface area contributed by atoms with E-state index in [9.17, 15) is 0 Å². The van der Waals surface area contributed by atoms with Gasteiger partial charge in [0.25, 0.3) is 0 Å². The quantitative estimate of drug-likeness (QED) is 0.868. The molecule has 0 saturated carbocycles. The molecule has 1 aromatic carbocycles. The second kappa shape index (κ2) is 5.85. The zero-order valence-corrected chi connectivity index (χ0v) is 11.9. The van der Waals surface area contributed by atoms with Gasteiger partial charge in [0.1, 0.15) is 0 Å². The molecular weight excluding hydrogens is 278 g/mol. The van der Waals surface area contributed by atoms with E-state index in [2.05, 4.69) is 44.8 Å². The Labute approximate surface area is 112 Å². The van der Waals surface area contributed by atoms with E-state index in [0.29, 0.717) is 0 Å². The van der Waals surface area contributed by atoms with Crippen LogP contribution in [0.2, 0.25) is 0 Å². The molecule has 0 spiro atoms. The van der Waals surface area contributed by atoms with Crippen LogP contribution < -0.4 is 5.73 Å². The van der Waals surface area contributed by atoms with E-state index in [1.807, 2.05) is 6.07 Å². The fourth-order valence-corrected chi connectivity index (χ4v) is 2.62. The number of anilines is 1. The van der Waals surface area contributed by atoms with Crippen LogP contribution in [0.1, 0.15) is 12.5 Å². The van der Waals surface area contributed by atoms with Crippen LogP contribution in [0.4, 0.5) is 5.69 Å². The van der Waals surface area contributed by atoms with Crippen molar-refractivity contribution in [2.45, 2.75) is 13.5 Å². The van der Waals surface area contributed by atoms with Crippen molar-refractivity contribution in [1.82, 2.24) is 9.80 Å². The maximum absolute atomic E-state index is 5.79. The molecule has 1 aliphatic heterocycles. The summed E-state index contributed by atoms with van der Waals surface area (Å²) in [6, 6.07) is 6.22. The summed E-state index contributed by atoms with van der Waals surface area (Å²) in [6.07, 6.45) is 0. The van der Waals surface area contributed by atoms with Crippen LogP contribution in [0.25, 0.3) is 0 Å². The van der Waals surface area contributed by atoms with E-state index in [4.69, 9.17) is 5.73 Å². The minimum absolute atomic E-state index is 0.810. The van der Waals surface area contributed by atoms with Gasteiger partial charge in [-0.15, -0.1) is 0 Å². The van der Waals surface area contributed by atoms with Crippen LogP contribution in [-0.4, -0.2) is 42.5 Å². The summed E-state index contributed by atoms with van der Waals surface area (Å²) in [5.74, 6) is 0. The molecule has 0 bridgehead atoms. The highest BCUT2D eigenvalue weighted by Gasteiger charge is 2.15. The number of nitrogens with zero attached hydrogens (tertiary/aromatic N) is 2. The van der Waals surface area contributed by atoms with E-state index in [1.165, 1.54) is 25.2 Å². The van der Waals surface area contributed by atoms with Crippen molar-refractivity contribution in [3.8, 4) is 0 Å². The standard InChI is InChI=1S/C13H20BrN3/c1-2-16-5-7-17(8-6-16)10-11-3-4-13(15)12(14)9-11/h3-4,9H,2,5-8,10,15H2,1H3. The Bertz CT molecular complexity index is 373. The molecule has 1 saturated heterocycles. The molecule has 0 radical (unpaired) electrons. The van der Waals surface area contributed by atoms with Crippen LogP contribution in [0, 0.1) is 0 Å². The monoisotopic (exact) mass is 297 g/mol. The third kappa shape index (κ3) is 3.44. The van der Waals surface area contributed by atoms with Gasteiger partial charge in [0.2, 0.25) is 0 Å². The number of nitrogen functional groups attached to an aromatic ring is 1. The molecule has 1 aromatic rings.